The maximum atomic E-state index is 13.8. The number of carbonyl (C=O) groups excluding carboxylic acids is 1. The van der Waals surface area contributed by atoms with E-state index in [1.165, 1.54) is 21.7 Å². The van der Waals surface area contributed by atoms with Crippen molar-refractivity contribution in [2.45, 2.75) is 23.5 Å². The second kappa shape index (κ2) is 11.8. The number of halogens is 1. The average Bonchev–Trinajstić information content (AvgIpc) is 3.53. The van der Waals surface area contributed by atoms with E-state index in [1.54, 1.807) is 31.3 Å². The van der Waals surface area contributed by atoms with Crippen LogP contribution in [-0.2, 0) is 14.8 Å². The Balaban J connectivity index is 1.56. The number of nitrogens with zero attached hydrogens (tertiary/aromatic N) is 4. The molecule has 0 aliphatic carbocycles. The van der Waals surface area contributed by atoms with Crippen molar-refractivity contribution in [3.8, 4) is 11.5 Å². The van der Waals surface area contributed by atoms with Crippen LogP contribution < -0.4 is 14.4 Å². The molecule has 202 valence electrons. The Bertz CT molecular complexity index is 1310. The molecule has 9 nitrogen and oxygen atoms in total. The minimum Gasteiger partial charge on any atom is -0.495 e. The number of hydrogen-bond donors (Lipinski definition) is 0. The Kier molecular flexibility index (Phi) is 8.97. The van der Waals surface area contributed by atoms with Gasteiger partial charge in [-0.05, 0) is 64.2 Å². The summed E-state index contributed by atoms with van der Waals surface area (Å²) < 4.78 is 40.0. The molecular formula is C24H31ClN4O5S3. The molecule has 1 amide bonds. The number of thiazole rings is 1. The van der Waals surface area contributed by atoms with E-state index >= 15 is 0 Å². The van der Waals surface area contributed by atoms with Gasteiger partial charge in [0.1, 0.15) is 25.9 Å². The number of ether oxygens (including phenoxy) is 2. The van der Waals surface area contributed by atoms with Crippen molar-refractivity contribution in [1.29, 1.82) is 0 Å². The minimum absolute atomic E-state index is 0.0352. The predicted molar refractivity (Wildman–Crippen MR) is 149 cm³/mol. The molecule has 2 aromatic heterocycles. The predicted octanol–water partition coefficient (Wildman–Crippen LogP) is 4.41. The highest BCUT2D eigenvalue weighted by atomic mass is 35.5. The zero-order valence-electron chi connectivity index (χ0n) is 21.3. The van der Waals surface area contributed by atoms with Crippen LogP contribution in [0.15, 0.2) is 28.5 Å². The quantitative estimate of drug-likeness (QED) is 0.347. The molecule has 1 saturated heterocycles. The van der Waals surface area contributed by atoms with Gasteiger partial charge in [-0.3, -0.25) is 9.69 Å². The van der Waals surface area contributed by atoms with E-state index in [2.05, 4.69) is 4.90 Å². The Morgan fingerprint density at radius 3 is 2.35 bits per heavy atom. The summed E-state index contributed by atoms with van der Waals surface area (Å²) in [5, 5.41) is 0.588. The number of sulfonamides is 1. The molecule has 0 N–H and O–H groups in total. The molecule has 1 fully saturated rings. The van der Waals surface area contributed by atoms with Crippen molar-refractivity contribution in [3.05, 3.63) is 28.6 Å². The van der Waals surface area contributed by atoms with Gasteiger partial charge in [0, 0.05) is 25.6 Å². The van der Waals surface area contributed by atoms with E-state index in [1.807, 2.05) is 20.2 Å². The molecule has 0 bridgehead atoms. The number of piperidine rings is 1. The lowest BCUT2D eigenvalue weighted by atomic mass is 9.96. The smallest absolute Gasteiger partial charge is 0.252 e. The van der Waals surface area contributed by atoms with Crippen molar-refractivity contribution in [3.63, 3.8) is 0 Å². The fourth-order valence-corrected chi connectivity index (χ4v) is 8.57. The van der Waals surface area contributed by atoms with Crippen LogP contribution in [0.5, 0.6) is 11.5 Å². The first kappa shape index (κ1) is 28.1. The molecule has 4 rings (SSSR count). The summed E-state index contributed by atoms with van der Waals surface area (Å²) in [6.07, 6.45) is 1.66. The number of thiophene rings is 1. The largest absolute Gasteiger partial charge is 0.495 e. The van der Waals surface area contributed by atoms with Crippen molar-refractivity contribution < 1.29 is 22.7 Å². The zero-order valence-corrected chi connectivity index (χ0v) is 24.5. The van der Waals surface area contributed by atoms with Gasteiger partial charge in [-0.25, -0.2) is 13.4 Å². The standard InChI is InChI=1S/C24H31ClN4O5S3/c1-27(2)12-5-13-29(24-26-21-17(33-3)6-7-18(34-4)22(21)36-24)23(30)16-10-14-28(15-11-16)37(31,32)20-9-8-19(25)35-20/h6-9,16H,5,10-15H2,1-4H3. The second-order valence-electron chi connectivity index (χ2n) is 9.03. The van der Waals surface area contributed by atoms with E-state index < -0.39 is 10.0 Å². The molecular weight excluding hydrogens is 556 g/mol. The summed E-state index contributed by atoms with van der Waals surface area (Å²) in [6.45, 7) is 1.89. The molecule has 3 heterocycles. The first-order chi connectivity index (χ1) is 17.6. The lowest BCUT2D eigenvalue weighted by molar-refractivity contribution is -0.123. The highest BCUT2D eigenvalue weighted by molar-refractivity contribution is 7.91. The SMILES string of the molecule is COc1ccc(OC)c2sc(N(CCCN(C)C)C(=O)C3CCN(S(=O)(=O)c4ccc(Cl)s4)CC3)nc12. The number of methoxy groups -OCH3 is 2. The Morgan fingerprint density at radius 1 is 1.08 bits per heavy atom. The van der Waals surface area contributed by atoms with E-state index in [0.717, 1.165) is 29.0 Å². The molecule has 0 atom stereocenters. The maximum absolute atomic E-state index is 13.8. The van der Waals surface area contributed by atoms with Crippen LogP contribution in [0.1, 0.15) is 19.3 Å². The lowest BCUT2D eigenvalue weighted by Gasteiger charge is -2.32. The van der Waals surface area contributed by atoms with Crippen molar-refractivity contribution in [2.24, 2.45) is 5.92 Å². The topological polar surface area (TPSA) is 92.3 Å². The Hall–Kier alpha value is -1.96. The summed E-state index contributed by atoms with van der Waals surface area (Å²) in [6, 6.07) is 6.75. The minimum atomic E-state index is -3.62. The van der Waals surface area contributed by atoms with E-state index in [-0.39, 0.29) is 29.1 Å². The van der Waals surface area contributed by atoms with Gasteiger partial charge in [0.15, 0.2) is 5.13 Å². The van der Waals surface area contributed by atoms with Gasteiger partial charge in [-0.15, -0.1) is 11.3 Å². The fourth-order valence-electron chi connectivity index (χ4n) is 4.36. The van der Waals surface area contributed by atoms with Gasteiger partial charge < -0.3 is 14.4 Å². The van der Waals surface area contributed by atoms with Gasteiger partial charge >= 0.3 is 0 Å². The normalized spacial score (nSPS) is 15.4. The second-order valence-corrected chi connectivity index (χ2v) is 13.9. The first-order valence-electron chi connectivity index (χ1n) is 11.9. The Labute approximate surface area is 230 Å². The maximum Gasteiger partial charge on any atom is 0.252 e. The molecule has 13 heteroatoms. The van der Waals surface area contributed by atoms with Gasteiger partial charge in [0.2, 0.25) is 5.91 Å². The summed E-state index contributed by atoms with van der Waals surface area (Å²) in [5.41, 5.74) is 0.655. The molecule has 3 aromatic rings. The summed E-state index contributed by atoms with van der Waals surface area (Å²) >= 11 is 8.40. The zero-order chi connectivity index (χ0) is 26.7. The van der Waals surface area contributed by atoms with Crippen LogP contribution in [0.4, 0.5) is 5.13 Å². The van der Waals surface area contributed by atoms with Crippen LogP contribution in [0.25, 0.3) is 10.2 Å². The number of benzene rings is 1. The number of fused-ring (bicyclic) bond motifs is 1. The van der Waals surface area contributed by atoms with E-state index in [4.69, 9.17) is 26.1 Å². The number of rotatable bonds is 10. The molecule has 1 aliphatic heterocycles. The molecule has 0 spiro atoms. The first-order valence-corrected chi connectivity index (χ1v) is 15.3. The molecule has 37 heavy (non-hydrogen) atoms. The van der Waals surface area contributed by atoms with Crippen molar-refractivity contribution in [2.75, 3.05) is 59.4 Å². The number of hydrogen-bond acceptors (Lipinski definition) is 9. The average molecular weight is 587 g/mol. The summed E-state index contributed by atoms with van der Waals surface area (Å²) in [4.78, 5) is 22.4. The highest BCUT2D eigenvalue weighted by Gasteiger charge is 2.35. The van der Waals surface area contributed by atoms with Gasteiger partial charge in [-0.1, -0.05) is 22.9 Å². The van der Waals surface area contributed by atoms with Crippen LogP contribution >= 0.6 is 34.3 Å². The summed E-state index contributed by atoms with van der Waals surface area (Å²) in [5.74, 6) is 0.958. The molecule has 0 radical (unpaired) electrons. The monoisotopic (exact) mass is 586 g/mol. The van der Waals surface area contributed by atoms with Crippen LogP contribution in [0, 0.1) is 5.92 Å². The molecule has 1 aromatic carbocycles. The number of anilines is 1. The van der Waals surface area contributed by atoms with E-state index in [0.29, 0.717) is 45.9 Å². The van der Waals surface area contributed by atoms with Crippen LogP contribution in [0.3, 0.4) is 0 Å². The van der Waals surface area contributed by atoms with E-state index in [9.17, 15) is 13.2 Å². The van der Waals surface area contributed by atoms with Gasteiger partial charge in [0.05, 0.1) is 18.6 Å². The third-order valence-electron chi connectivity index (χ3n) is 6.33. The number of carbonyl (C=O) groups is 1. The van der Waals surface area contributed by atoms with Gasteiger partial charge in [0.25, 0.3) is 10.0 Å². The fraction of sp³-hybridized carbons (Fsp3) is 0.500. The molecule has 0 unspecified atom stereocenters. The Morgan fingerprint density at radius 2 is 1.76 bits per heavy atom. The summed E-state index contributed by atoms with van der Waals surface area (Å²) in [7, 11) is 3.57. The number of aromatic nitrogens is 1. The molecule has 0 saturated carbocycles. The van der Waals surface area contributed by atoms with Crippen molar-refractivity contribution in [1.82, 2.24) is 14.2 Å². The lowest BCUT2D eigenvalue weighted by Crippen LogP contribution is -2.45. The number of amides is 1. The molecule has 1 aliphatic rings. The van der Waals surface area contributed by atoms with Crippen LogP contribution in [-0.4, -0.2) is 83.0 Å². The highest BCUT2D eigenvalue weighted by Crippen LogP contribution is 2.41. The third-order valence-corrected chi connectivity index (χ3v) is 11.0. The van der Waals surface area contributed by atoms with Crippen molar-refractivity contribution >= 4 is 65.6 Å². The van der Waals surface area contributed by atoms with Gasteiger partial charge in [-0.2, -0.15) is 4.31 Å². The van der Waals surface area contributed by atoms with Crippen LogP contribution in [0.2, 0.25) is 4.34 Å². The third kappa shape index (κ3) is 6.04.